The minimum atomic E-state index is -0.192. The molecular formula is C10H18N4O. The van der Waals surface area contributed by atoms with Gasteiger partial charge in [-0.2, -0.15) is 5.10 Å². The molecule has 0 aliphatic heterocycles. The lowest BCUT2D eigenvalue weighted by molar-refractivity contribution is -0.120. The monoisotopic (exact) mass is 210 g/mol. The second-order valence-corrected chi connectivity index (χ2v) is 4.53. The number of nitrogens with zero attached hydrogens (tertiary/aromatic N) is 2. The van der Waals surface area contributed by atoms with Gasteiger partial charge in [0.15, 0.2) is 0 Å². The molecule has 1 aromatic rings. The van der Waals surface area contributed by atoms with Crippen LogP contribution in [0.2, 0.25) is 0 Å². The number of hydrogen-bond acceptors (Lipinski definition) is 3. The molecule has 5 nitrogen and oxygen atoms in total. The Balaban J connectivity index is 2.35. The molecule has 0 bridgehead atoms. The van der Waals surface area contributed by atoms with E-state index in [1.807, 2.05) is 40.1 Å². The Labute approximate surface area is 89.9 Å². The van der Waals surface area contributed by atoms with Crippen molar-refractivity contribution in [2.24, 2.45) is 7.05 Å². The molecule has 0 saturated heterocycles. The molecule has 1 heterocycles. The van der Waals surface area contributed by atoms with E-state index in [0.717, 1.165) is 0 Å². The van der Waals surface area contributed by atoms with Crippen LogP contribution in [0.3, 0.4) is 0 Å². The molecule has 0 unspecified atom stereocenters. The molecule has 0 saturated carbocycles. The first-order chi connectivity index (χ1) is 6.87. The zero-order valence-corrected chi connectivity index (χ0v) is 9.66. The molecule has 84 valence electrons. The molecule has 0 spiro atoms. The van der Waals surface area contributed by atoms with Crippen LogP contribution in [0, 0.1) is 0 Å². The first-order valence-corrected chi connectivity index (χ1v) is 4.91. The number of rotatable bonds is 3. The molecule has 15 heavy (non-hydrogen) atoms. The van der Waals surface area contributed by atoms with E-state index in [9.17, 15) is 4.79 Å². The maximum absolute atomic E-state index is 11.4. The van der Waals surface area contributed by atoms with Gasteiger partial charge in [0.2, 0.25) is 5.91 Å². The summed E-state index contributed by atoms with van der Waals surface area (Å²) in [5, 5.41) is 9.91. The van der Waals surface area contributed by atoms with Crippen molar-refractivity contribution >= 4 is 11.7 Å². The van der Waals surface area contributed by atoms with Gasteiger partial charge in [-0.05, 0) is 20.8 Å². The maximum atomic E-state index is 11.4. The minimum Gasteiger partial charge on any atom is -0.360 e. The lowest BCUT2D eigenvalue weighted by Crippen LogP contribution is -2.43. The summed E-state index contributed by atoms with van der Waals surface area (Å²) < 4.78 is 1.68. The largest absolute Gasteiger partial charge is 0.360 e. The van der Waals surface area contributed by atoms with Crippen LogP contribution in [-0.4, -0.2) is 27.8 Å². The van der Waals surface area contributed by atoms with Crippen LogP contribution < -0.4 is 10.6 Å². The number of nitrogens with one attached hydrogen (secondary N) is 2. The van der Waals surface area contributed by atoms with E-state index < -0.39 is 0 Å². The molecule has 5 heteroatoms. The fourth-order valence-corrected chi connectivity index (χ4v) is 1.14. The van der Waals surface area contributed by atoms with Gasteiger partial charge in [0, 0.05) is 24.8 Å². The first-order valence-electron chi connectivity index (χ1n) is 4.91. The van der Waals surface area contributed by atoms with Gasteiger partial charge >= 0.3 is 0 Å². The molecule has 0 atom stereocenters. The van der Waals surface area contributed by atoms with E-state index >= 15 is 0 Å². The predicted octanol–water partition coefficient (Wildman–Crippen LogP) is 0.747. The van der Waals surface area contributed by atoms with E-state index in [4.69, 9.17) is 0 Å². The highest BCUT2D eigenvalue weighted by atomic mass is 16.2. The summed E-state index contributed by atoms with van der Waals surface area (Å²) in [7, 11) is 1.83. The van der Waals surface area contributed by atoms with E-state index in [1.54, 1.807) is 4.68 Å². The van der Waals surface area contributed by atoms with Crippen LogP contribution in [-0.2, 0) is 11.8 Å². The summed E-state index contributed by atoms with van der Waals surface area (Å²) in [6.45, 7) is 6.09. The zero-order valence-electron chi connectivity index (χ0n) is 9.66. The first kappa shape index (κ1) is 11.6. The Hall–Kier alpha value is -1.52. The normalized spacial score (nSPS) is 11.2. The molecular weight excluding hydrogens is 192 g/mol. The van der Waals surface area contributed by atoms with Gasteiger partial charge in [-0.1, -0.05) is 0 Å². The summed E-state index contributed by atoms with van der Waals surface area (Å²) in [4.78, 5) is 11.4. The second-order valence-electron chi connectivity index (χ2n) is 4.53. The van der Waals surface area contributed by atoms with Gasteiger partial charge in [-0.25, -0.2) is 0 Å². The number of aryl methyl sites for hydroxylation is 1. The maximum Gasteiger partial charge on any atom is 0.239 e. The van der Waals surface area contributed by atoms with Crippen molar-refractivity contribution in [2.75, 3.05) is 11.9 Å². The van der Waals surface area contributed by atoms with Gasteiger partial charge in [0.05, 0.1) is 6.54 Å². The van der Waals surface area contributed by atoms with Gasteiger partial charge in [0.25, 0.3) is 0 Å². The minimum absolute atomic E-state index is 0.0341. The molecule has 0 radical (unpaired) electrons. The fraction of sp³-hybridized carbons (Fsp3) is 0.600. The molecule has 1 rings (SSSR count). The van der Waals surface area contributed by atoms with Crippen LogP contribution in [0.4, 0.5) is 5.82 Å². The number of carbonyl (C=O) groups excluding carboxylic acids is 1. The lowest BCUT2D eigenvalue weighted by atomic mass is 10.1. The van der Waals surface area contributed by atoms with Crippen molar-refractivity contribution in [3.63, 3.8) is 0 Å². The van der Waals surface area contributed by atoms with Gasteiger partial charge in [0.1, 0.15) is 5.82 Å². The van der Waals surface area contributed by atoms with Gasteiger partial charge in [-0.15, -0.1) is 0 Å². The van der Waals surface area contributed by atoms with Crippen molar-refractivity contribution in [3.05, 3.63) is 12.3 Å². The van der Waals surface area contributed by atoms with Gasteiger partial charge in [-0.3, -0.25) is 9.48 Å². The average molecular weight is 210 g/mol. The number of aromatic nitrogens is 2. The Kier molecular flexibility index (Phi) is 3.34. The summed E-state index contributed by atoms with van der Waals surface area (Å²) >= 11 is 0. The van der Waals surface area contributed by atoms with Crippen LogP contribution >= 0.6 is 0 Å². The fourth-order valence-electron chi connectivity index (χ4n) is 1.14. The molecule has 0 aliphatic rings. The SMILES string of the molecule is Cn1ccc(NCC(=O)NC(C)(C)C)n1. The van der Waals surface area contributed by atoms with Gasteiger partial charge < -0.3 is 10.6 Å². The molecule has 1 amide bonds. The molecule has 0 aromatic carbocycles. The molecule has 2 N–H and O–H groups in total. The van der Waals surface area contributed by atoms with Crippen LogP contribution in [0.5, 0.6) is 0 Å². The Morgan fingerprint density at radius 1 is 1.53 bits per heavy atom. The molecule has 0 aliphatic carbocycles. The van der Waals surface area contributed by atoms with Crippen molar-refractivity contribution < 1.29 is 4.79 Å². The number of amides is 1. The van der Waals surface area contributed by atoms with Crippen LogP contribution in [0.15, 0.2) is 12.3 Å². The standard InChI is InChI=1S/C10H18N4O/c1-10(2,3)12-9(15)7-11-8-5-6-14(4)13-8/h5-6H,7H2,1-4H3,(H,11,13)(H,12,15). The van der Waals surface area contributed by atoms with Crippen LogP contribution in [0.1, 0.15) is 20.8 Å². The quantitative estimate of drug-likeness (QED) is 0.774. The third-order valence-corrected chi connectivity index (χ3v) is 1.66. The van der Waals surface area contributed by atoms with Crippen molar-refractivity contribution in [1.82, 2.24) is 15.1 Å². The summed E-state index contributed by atoms with van der Waals surface area (Å²) in [5.74, 6) is 0.676. The highest BCUT2D eigenvalue weighted by molar-refractivity contribution is 5.80. The predicted molar refractivity (Wildman–Crippen MR) is 59.6 cm³/mol. The number of carbonyl (C=O) groups is 1. The highest BCUT2D eigenvalue weighted by Gasteiger charge is 2.13. The smallest absolute Gasteiger partial charge is 0.239 e. The number of anilines is 1. The van der Waals surface area contributed by atoms with Crippen molar-refractivity contribution in [1.29, 1.82) is 0 Å². The van der Waals surface area contributed by atoms with Crippen molar-refractivity contribution in [2.45, 2.75) is 26.3 Å². The van der Waals surface area contributed by atoms with Crippen LogP contribution in [0.25, 0.3) is 0 Å². The van der Waals surface area contributed by atoms with E-state index in [1.165, 1.54) is 0 Å². The third kappa shape index (κ3) is 4.49. The van der Waals surface area contributed by atoms with E-state index in [-0.39, 0.29) is 18.0 Å². The summed E-state index contributed by atoms with van der Waals surface area (Å²) in [6, 6.07) is 1.82. The molecule has 0 fully saturated rings. The topological polar surface area (TPSA) is 59.0 Å². The summed E-state index contributed by atoms with van der Waals surface area (Å²) in [6.07, 6.45) is 1.82. The lowest BCUT2D eigenvalue weighted by Gasteiger charge is -2.20. The molecule has 1 aromatic heterocycles. The Morgan fingerprint density at radius 3 is 2.67 bits per heavy atom. The van der Waals surface area contributed by atoms with E-state index in [0.29, 0.717) is 5.82 Å². The zero-order chi connectivity index (χ0) is 11.5. The Bertz CT molecular complexity index is 337. The highest BCUT2D eigenvalue weighted by Crippen LogP contribution is 2.01. The average Bonchev–Trinajstić information content (AvgIpc) is 2.45. The van der Waals surface area contributed by atoms with E-state index in [2.05, 4.69) is 15.7 Å². The summed E-state index contributed by atoms with van der Waals surface area (Å²) in [5.41, 5.74) is -0.192. The van der Waals surface area contributed by atoms with Crippen molar-refractivity contribution in [3.8, 4) is 0 Å². The second kappa shape index (κ2) is 4.33. The Morgan fingerprint density at radius 2 is 2.20 bits per heavy atom. The number of hydrogen-bond donors (Lipinski definition) is 2. The third-order valence-electron chi connectivity index (χ3n) is 1.66.